The van der Waals surface area contributed by atoms with E-state index in [9.17, 15) is 28.0 Å². The monoisotopic (exact) mass is 635 g/mol. The first-order valence-corrected chi connectivity index (χ1v) is 15.5. The summed E-state index contributed by atoms with van der Waals surface area (Å²) in [5.41, 5.74) is 1.78. The molecule has 0 bridgehead atoms. The Bertz CT molecular complexity index is 1480. The molecule has 246 valence electrons. The lowest BCUT2D eigenvalue weighted by molar-refractivity contribution is -0.130. The van der Waals surface area contributed by atoms with Gasteiger partial charge in [-0.2, -0.15) is 0 Å². The zero-order chi connectivity index (χ0) is 33.6. The molecule has 11 heteroatoms. The number of hydrogen-bond donors (Lipinski definition) is 5. The molecule has 46 heavy (non-hydrogen) atoms. The third kappa shape index (κ3) is 11.1. The van der Waals surface area contributed by atoms with Crippen LogP contribution in [-0.2, 0) is 22.4 Å². The Labute approximate surface area is 268 Å². The Morgan fingerprint density at radius 3 is 2.11 bits per heavy atom. The third-order valence-electron chi connectivity index (χ3n) is 7.40. The average molecular weight is 636 g/mol. The zero-order valence-electron chi connectivity index (χ0n) is 26.7. The van der Waals surface area contributed by atoms with E-state index in [1.165, 1.54) is 12.1 Å². The Kier molecular flexibility index (Phi) is 13.8. The predicted octanol–water partition coefficient (Wildman–Crippen LogP) is 3.53. The van der Waals surface area contributed by atoms with Crippen molar-refractivity contribution in [3.8, 4) is 0 Å². The van der Waals surface area contributed by atoms with Crippen molar-refractivity contribution in [2.45, 2.75) is 58.7 Å². The molecule has 3 aromatic carbocycles. The summed E-state index contributed by atoms with van der Waals surface area (Å²) in [5.74, 6) is -2.88. The first-order valence-electron chi connectivity index (χ1n) is 15.5. The molecule has 0 unspecified atom stereocenters. The molecule has 0 aliphatic heterocycles. The second-order valence-electron chi connectivity index (χ2n) is 11.4. The van der Waals surface area contributed by atoms with E-state index in [4.69, 9.17) is 0 Å². The molecule has 5 N–H and O–H groups in total. The summed E-state index contributed by atoms with van der Waals surface area (Å²) in [6.45, 7) is 8.06. The van der Waals surface area contributed by atoms with Crippen molar-refractivity contribution in [2.75, 3.05) is 19.6 Å². The summed E-state index contributed by atoms with van der Waals surface area (Å²) >= 11 is 0. The fourth-order valence-electron chi connectivity index (χ4n) is 4.79. The van der Waals surface area contributed by atoms with E-state index >= 15 is 0 Å². The standard InChI is InChI=1S/C35H43F2N5O4/c1-5-38-35(46)31(22(2)3)42-32(43)23(4)40-21-29(18-24-10-7-6-8-11-24)41-34(45)27-13-9-12-26(19-27)33(44)39-17-16-25-14-15-28(36)20-30(25)37/h6-15,19-20,22-23,29,31,40H,5,16-18,21H2,1-4H3,(H,38,46)(H,39,44)(H,41,45)(H,42,43)/t23-,29-,31-/m0/s1. The summed E-state index contributed by atoms with van der Waals surface area (Å²) in [6.07, 6.45) is 0.647. The van der Waals surface area contributed by atoms with Gasteiger partial charge in [0.15, 0.2) is 0 Å². The fraction of sp³-hybridized carbons (Fsp3) is 0.371. The van der Waals surface area contributed by atoms with Gasteiger partial charge < -0.3 is 26.6 Å². The Balaban J connectivity index is 1.63. The summed E-state index contributed by atoms with van der Waals surface area (Å²) in [4.78, 5) is 51.5. The first kappa shape index (κ1) is 35.8. The second kappa shape index (κ2) is 17.7. The maximum Gasteiger partial charge on any atom is 0.251 e. The molecule has 0 fully saturated rings. The minimum Gasteiger partial charge on any atom is -0.355 e. The number of carbonyl (C=O) groups excluding carboxylic acids is 4. The minimum atomic E-state index is -0.679. The van der Waals surface area contributed by atoms with Crippen LogP contribution in [0.2, 0.25) is 0 Å². The quantitative estimate of drug-likeness (QED) is 0.165. The van der Waals surface area contributed by atoms with Crippen molar-refractivity contribution >= 4 is 23.6 Å². The number of halogens is 2. The molecule has 3 atom stereocenters. The van der Waals surface area contributed by atoms with Crippen LogP contribution in [0.5, 0.6) is 0 Å². The highest BCUT2D eigenvalue weighted by Gasteiger charge is 2.26. The zero-order valence-corrected chi connectivity index (χ0v) is 26.7. The summed E-state index contributed by atoms with van der Waals surface area (Å²) < 4.78 is 27.1. The van der Waals surface area contributed by atoms with Gasteiger partial charge in [0.2, 0.25) is 11.8 Å². The van der Waals surface area contributed by atoms with Crippen molar-refractivity contribution in [1.29, 1.82) is 0 Å². The minimum absolute atomic E-state index is 0.108. The van der Waals surface area contributed by atoms with Crippen LogP contribution in [0, 0.1) is 17.6 Å². The molecular weight excluding hydrogens is 592 g/mol. The Morgan fingerprint density at radius 2 is 1.46 bits per heavy atom. The van der Waals surface area contributed by atoms with E-state index in [0.29, 0.717) is 13.0 Å². The predicted molar refractivity (Wildman–Crippen MR) is 173 cm³/mol. The molecule has 3 aromatic rings. The van der Waals surface area contributed by atoms with Gasteiger partial charge >= 0.3 is 0 Å². The van der Waals surface area contributed by atoms with E-state index < -0.39 is 41.6 Å². The summed E-state index contributed by atoms with van der Waals surface area (Å²) in [7, 11) is 0. The van der Waals surface area contributed by atoms with Gasteiger partial charge in [-0.25, -0.2) is 8.78 Å². The van der Waals surface area contributed by atoms with Crippen molar-refractivity contribution in [2.24, 2.45) is 5.92 Å². The SMILES string of the molecule is CCNC(=O)[C@@H](NC(=O)[C@H](C)NC[C@H](Cc1ccccc1)NC(=O)c1cccc(C(=O)NCCc2ccc(F)cc2F)c1)C(C)C. The van der Waals surface area contributed by atoms with Crippen LogP contribution in [0.1, 0.15) is 59.5 Å². The molecule has 0 saturated heterocycles. The number of carbonyl (C=O) groups is 4. The third-order valence-corrected chi connectivity index (χ3v) is 7.40. The largest absolute Gasteiger partial charge is 0.355 e. The molecule has 0 spiro atoms. The second-order valence-corrected chi connectivity index (χ2v) is 11.4. The molecule has 0 aliphatic rings. The Morgan fingerprint density at radius 1 is 0.761 bits per heavy atom. The fourth-order valence-corrected chi connectivity index (χ4v) is 4.79. The maximum absolute atomic E-state index is 13.9. The molecule has 0 saturated carbocycles. The lowest BCUT2D eigenvalue weighted by Crippen LogP contribution is -2.55. The number of nitrogens with one attached hydrogen (secondary N) is 5. The van der Waals surface area contributed by atoms with Crippen LogP contribution in [0.4, 0.5) is 8.78 Å². The Hall–Kier alpha value is -4.64. The van der Waals surface area contributed by atoms with Crippen molar-refractivity contribution < 1.29 is 28.0 Å². The van der Waals surface area contributed by atoms with E-state index in [1.54, 1.807) is 25.1 Å². The topological polar surface area (TPSA) is 128 Å². The number of rotatable bonds is 16. The normalized spacial score (nSPS) is 12.9. The van der Waals surface area contributed by atoms with Crippen LogP contribution >= 0.6 is 0 Å². The highest BCUT2D eigenvalue weighted by Crippen LogP contribution is 2.11. The molecule has 0 heterocycles. The van der Waals surface area contributed by atoms with Crippen molar-refractivity contribution in [1.82, 2.24) is 26.6 Å². The molecule has 0 radical (unpaired) electrons. The summed E-state index contributed by atoms with van der Waals surface area (Å²) in [6, 6.07) is 17.4. The van der Waals surface area contributed by atoms with Gasteiger partial charge in [0, 0.05) is 42.9 Å². The lowest BCUT2D eigenvalue weighted by Gasteiger charge is -2.25. The van der Waals surface area contributed by atoms with Crippen LogP contribution in [0.25, 0.3) is 0 Å². The van der Waals surface area contributed by atoms with Gasteiger partial charge in [-0.05, 0) is 68.0 Å². The van der Waals surface area contributed by atoms with Crippen molar-refractivity contribution in [3.05, 3.63) is 107 Å². The van der Waals surface area contributed by atoms with Gasteiger partial charge in [-0.1, -0.05) is 56.3 Å². The number of hydrogen-bond acceptors (Lipinski definition) is 5. The molecular formula is C35H43F2N5O4. The van der Waals surface area contributed by atoms with Crippen LogP contribution in [0.15, 0.2) is 72.8 Å². The number of amides is 4. The van der Waals surface area contributed by atoms with E-state index in [-0.39, 0.29) is 53.9 Å². The smallest absolute Gasteiger partial charge is 0.251 e. The summed E-state index contributed by atoms with van der Waals surface area (Å²) in [5, 5.41) is 14.5. The first-order chi connectivity index (χ1) is 22.0. The highest BCUT2D eigenvalue weighted by molar-refractivity contribution is 5.99. The van der Waals surface area contributed by atoms with Gasteiger partial charge in [0.25, 0.3) is 11.8 Å². The van der Waals surface area contributed by atoms with E-state index in [0.717, 1.165) is 17.7 Å². The van der Waals surface area contributed by atoms with Gasteiger partial charge in [0.1, 0.15) is 17.7 Å². The molecule has 0 aromatic heterocycles. The van der Waals surface area contributed by atoms with Crippen molar-refractivity contribution in [3.63, 3.8) is 0 Å². The van der Waals surface area contributed by atoms with Crippen LogP contribution < -0.4 is 26.6 Å². The highest BCUT2D eigenvalue weighted by atomic mass is 19.1. The van der Waals surface area contributed by atoms with Crippen LogP contribution in [-0.4, -0.2) is 61.4 Å². The van der Waals surface area contributed by atoms with Gasteiger partial charge in [0.05, 0.1) is 6.04 Å². The van der Waals surface area contributed by atoms with E-state index in [2.05, 4.69) is 26.6 Å². The molecule has 9 nitrogen and oxygen atoms in total. The van der Waals surface area contributed by atoms with Gasteiger partial charge in [-0.3, -0.25) is 19.2 Å². The lowest BCUT2D eigenvalue weighted by atomic mass is 10.0. The molecule has 4 amide bonds. The average Bonchev–Trinajstić information content (AvgIpc) is 3.03. The van der Waals surface area contributed by atoms with Crippen LogP contribution in [0.3, 0.4) is 0 Å². The number of likely N-dealkylation sites (N-methyl/N-ethyl adjacent to an activating group) is 1. The van der Waals surface area contributed by atoms with Gasteiger partial charge in [-0.15, -0.1) is 0 Å². The molecule has 3 rings (SSSR count). The number of benzene rings is 3. The molecule has 0 aliphatic carbocycles. The van der Waals surface area contributed by atoms with E-state index in [1.807, 2.05) is 51.1 Å². The maximum atomic E-state index is 13.9.